The zero-order valence-corrected chi connectivity index (χ0v) is 21.0. The number of alkyl halides is 3. The second-order valence-electron chi connectivity index (χ2n) is 6.44. The Balaban J connectivity index is 0.00000341. The van der Waals surface area contributed by atoms with Crippen molar-refractivity contribution in [2.45, 2.75) is 26.1 Å². The minimum atomic E-state index is -4.57. The number of rotatable bonds is 7. The molecule has 0 bridgehead atoms. The first-order valence-electron chi connectivity index (χ1n) is 8.85. The van der Waals surface area contributed by atoms with Crippen LogP contribution in [0.2, 0.25) is 0 Å². The Morgan fingerprint density at radius 1 is 1.29 bits per heavy atom. The van der Waals surface area contributed by atoms with Crippen LogP contribution < -0.4 is 67.3 Å². The van der Waals surface area contributed by atoms with Crippen LogP contribution in [0.15, 0.2) is 48.9 Å². The third-order valence-corrected chi connectivity index (χ3v) is 5.02. The van der Waals surface area contributed by atoms with Crippen molar-refractivity contribution in [3.63, 3.8) is 0 Å². The Morgan fingerprint density at radius 2 is 2.06 bits per heavy atom. The van der Waals surface area contributed by atoms with Gasteiger partial charge in [0.1, 0.15) is 4.88 Å². The number of nitrogens with zero attached hydrogens (tertiary/aromatic N) is 2. The smallest absolute Gasteiger partial charge is 0.560 e. The summed E-state index contributed by atoms with van der Waals surface area (Å²) in [6.45, 7) is 3.85. The molecule has 3 rings (SSSR count). The summed E-state index contributed by atoms with van der Waals surface area (Å²) in [5, 5.41) is 7.60. The van der Waals surface area contributed by atoms with Gasteiger partial charge in [0.15, 0.2) is 5.01 Å². The zero-order valence-electron chi connectivity index (χ0n) is 17.0. The van der Waals surface area contributed by atoms with Gasteiger partial charge in [-0.3, -0.25) is 4.79 Å². The molecule has 11 heteroatoms. The number of halogens is 3. The minimum Gasteiger partial charge on any atom is -0.560 e. The van der Waals surface area contributed by atoms with Gasteiger partial charge in [-0.05, 0) is 24.6 Å². The van der Waals surface area contributed by atoms with Crippen molar-refractivity contribution in [3.05, 3.63) is 76.1 Å². The topological polar surface area (TPSA) is 78.9 Å². The number of carbonyl (C=O) groups excluding carboxylic acids is 1. The zero-order chi connectivity index (χ0) is 21.7. The second-order valence-corrected chi connectivity index (χ2v) is 7.47. The average Bonchev–Trinajstić information content (AvgIpc) is 3.34. The molecule has 3 aromatic rings. The van der Waals surface area contributed by atoms with E-state index in [0.29, 0.717) is 17.0 Å². The van der Waals surface area contributed by atoms with Gasteiger partial charge in [-0.1, -0.05) is 19.1 Å². The number of carbonyl (C=O) groups is 1. The quantitative estimate of drug-likeness (QED) is 0.278. The maximum Gasteiger partial charge on any atom is 1.00 e. The Labute approximate surface area is 224 Å². The van der Waals surface area contributed by atoms with Crippen molar-refractivity contribution in [3.8, 4) is 0 Å². The molecule has 0 radical (unpaired) electrons. The number of anilines is 2. The van der Waals surface area contributed by atoms with Crippen molar-refractivity contribution in [1.82, 2.24) is 15.3 Å². The number of thiazole rings is 1. The van der Waals surface area contributed by atoms with E-state index in [2.05, 4.69) is 32.1 Å². The van der Waals surface area contributed by atoms with Crippen LogP contribution in [0.5, 0.6) is 0 Å². The fourth-order valence-electron chi connectivity index (χ4n) is 2.49. The van der Waals surface area contributed by atoms with Crippen molar-refractivity contribution in [2.24, 2.45) is 0 Å². The number of aryl methyl sites for hydroxylation is 1. The number of hydrogen-bond donors (Lipinski definition) is 3. The van der Waals surface area contributed by atoms with Gasteiger partial charge in [-0.15, -0.1) is 17.5 Å². The molecule has 2 heterocycles. The monoisotopic (exact) mass is 472 g/mol. The summed E-state index contributed by atoms with van der Waals surface area (Å²) in [5.41, 5.74) is 2.38. The molecule has 0 spiro atoms. The second kappa shape index (κ2) is 11.3. The normalized spacial score (nSPS) is 12.3. The number of nitrogens with one attached hydrogen (secondary N) is 3. The summed E-state index contributed by atoms with van der Waals surface area (Å²) < 4.78 is 38.0. The van der Waals surface area contributed by atoms with Gasteiger partial charge in [0.25, 0.3) is 5.91 Å². The molecule has 0 saturated carbocycles. The van der Waals surface area contributed by atoms with Crippen molar-refractivity contribution in [2.75, 3.05) is 10.6 Å². The maximum absolute atomic E-state index is 12.7. The first-order chi connectivity index (χ1) is 14.2. The molecule has 0 fully saturated rings. The molecule has 158 valence electrons. The van der Waals surface area contributed by atoms with E-state index in [1.165, 1.54) is 0 Å². The molecule has 0 aliphatic rings. The van der Waals surface area contributed by atoms with Crippen LogP contribution in [-0.2, 0) is 6.18 Å². The van der Waals surface area contributed by atoms with Crippen LogP contribution >= 0.6 is 11.3 Å². The van der Waals surface area contributed by atoms with Gasteiger partial charge in [-0.25, -0.2) is 4.98 Å². The van der Waals surface area contributed by atoms with Crippen LogP contribution in [0.3, 0.4) is 0 Å². The van der Waals surface area contributed by atoms with E-state index in [1.807, 2.05) is 26.0 Å². The summed E-state index contributed by atoms with van der Waals surface area (Å²) in [4.78, 5) is 19.5. The molecular weight excluding hydrogens is 454 g/mol. The molecule has 31 heavy (non-hydrogen) atoms. The molecule has 0 aliphatic carbocycles. The van der Waals surface area contributed by atoms with Crippen molar-refractivity contribution >= 4 is 28.7 Å². The molecule has 1 atom stereocenters. The SMILES string of the molecule is Cc1cnc(NC=[C-]NC(C)c2cccc(NC(=O)c3cnc(C(F)(F)F)s3)c2)[cH-]1.[K+]. The number of amides is 1. The van der Waals surface area contributed by atoms with E-state index in [9.17, 15) is 18.0 Å². The summed E-state index contributed by atoms with van der Waals surface area (Å²) in [7, 11) is 0. The summed E-state index contributed by atoms with van der Waals surface area (Å²) >= 11 is 0.304. The standard InChI is InChI=1S/C20H18F3N5OS.K/c1-12-8-17(26-10-12)25-7-6-24-13(2)14-4-3-5-15(9-14)28-18(29)16-11-27-19(30-16)20(21,22)23;/h3-5,7-11,13,24H,1-2H3,(H,25,26)(H,28,29);/q-2;+1. The van der Waals surface area contributed by atoms with E-state index in [0.717, 1.165) is 23.1 Å². The molecule has 0 saturated heterocycles. The molecule has 1 unspecified atom stereocenters. The van der Waals surface area contributed by atoms with Crippen LogP contribution in [0, 0.1) is 13.1 Å². The van der Waals surface area contributed by atoms with Crippen LogP contribution in [-0.4, -0.2) is 15.9 Å². The molecular formula is C20H18F3KN5OS-. The van der Waals surface area contributed by atoms with Gasteiger partial charge >= 0.3 is 57.6 Å². The van der Waals surface area contributed by atoms with E-state index in [-0.39, 0.29) is 62.3 Å². The Bertz CT molecular complexity index is 1050. The predicted octanol–water partition coefficient (Wildman–Crippen LogP) is 1.88. The van der Waals surface area contributed by atoms with Gasteiger partial charge in [0, 0.05) is 17.5 Å². The molecule has 0 aliphatic heterocycles. The Kier molecular flexibility index (Phi) is 9.34. The van der Waals surface area contributed by atoms with Gasteiger partial charge < -0.3 is 27.1 Å². The predicted molar refractivity (Wildman–Crippen MR) is 109 cm³/mol. The van der Waals surface area contributed by atoms with Gasteiger partial charge in [-0.2, -0.15) is 31.0 Å². The van der Waals surface area contributed by atoms with E-state index < -0.39 is 17.1 Å². The Morgan fingerprint density at radius 3 is 2.71 bits per heavy atom. The first-order valence-corrected chi connectivity index (χ1v) is 9.67. The molecule has 1 amide bonds. The van der Waals surface area contributed by atoms with Gasteiger partial charge in [0.05, 0.1) is 6.20 Å². The van der Waals surface area contributed by atoms with E-state index in [1.54, 1.807) is 30.6 Å². The minimum absolute atomic E-state index is 0. The number of aromatic nitrogens is 2. The number of benzene rings is 1. The maximum atomic E-state index is 12.7. The summed E-state index contributed by atoms with van der Waals surface area (Å²) in [6, 6.07) is 8.76. The van der Waals surface area contributed by atoms with Crippen molar-refractivity contribution in [1.29, 1.82) is 0 Å². The fourth-order valence-corrected chi connectivity index (χ4v) is 3.17. The Hall–Kier alpha value is -1.63. The molecule has 2 aromatic heterocycles. The van der Waals surface area contributed by atoms with Crippen LogP contribution in [0.25, 0.3) is 0 Å². The van der Waals surface area contributed by atoms with E-state index >= 15 is 0 Å². The average molecular weight is 473 g/mol. The molecule has 6 nitrogen and oxygen atoms in total. The number of hydrogen-bond acceptors (Lipinski definition) is 6. The summed E-state index contributed by atoms with van der Waals surface area (Å²) in [5.74, 6) is 0.0739. The largest absolute Gasteiger partial charge is 1.00 e. The first kappa shape index (κ1) is 25.6. The van der Waals surface area contributed by atoms with Crippen LogP contribution in [0.4, 0.5) is 24.7 Å². The van der Waals surface area contributed by atoms with Crippen molar-refractivity contribution < 1.29 is 69.4 Å². The summed E-state index contributed by atoms with van der Waals surface area (Å²) in [6.07, 6.45) is 2.63. The third-order valence-electron chi connectivity index (χ3n) is 3.98. The van der Waals surface area contributed by atoms with E-state index in [4.69, 9.17) is 0 Å². The fraction of sp³-hybridized carbons (Fsp3) is 0.200. The third kappa shape index (κ3) is 7.47. The molecule has 3 N–H and O–H groups in total. The molecule has 1 aromatic carbocycles. The van der Waals surface area contributed by atoms with Crippen LogP contribution in [0.1, 0.15) is 38.8 Å². The van der Waals surface area contributed by atoms with Gasteiger partial charge in [0.2, 0.25) is 0 Å².